The fourth-order valence-electron chi connectivity index (χ4n) is 2.14. The molecule has 1 aliphatic heterocycles. The van der Waals surface area contributed by atoms with Crippen molar-refractivity contribution in [2.45, 2.75) is 32.2 Å². The van der Waals surface area contributed by atoms with Crippen LogP contribution in [0.4, 0.5) is 17.3 Å². The van der Waals surface area contributed by atoms with E-state index in [2.05, 4.69) is 27.2 Å². The summed E-state index contributed by atoms with van der Waals surface area (Å²) in [5, 5.41) is 0. The molecule has 0 radical (unpaired) electrons. The number of nitrogens with two attached hydrogens (primary N) is 2. The number of hydrazine groups is 1. The first kappa shape index (κ1) is 10.9. The normalized spacial score (nSPS) is 20.9. The third kappa shape index (κ3) is 1.88. The maximum atomic E-state index is 5.98. The van der Waals surface area contributed by atoms with Crippen molar-refractivity contribution in [3.8, 4) is 0 Å². The molecule has 5 N–H and O–H groups in total. The van der Waals surface area contributed by atoms with E-state index in [1.54, 1.807) is 0 Å². The fourth-order valence-corrected chi connectivity index (χ4v) is 2.14. The zero-order valence-corrected chi connectivity index (χ0v) is 9.48. The number of hydrogen-bond acceptors (Lipinski definition) is 6. The largest absolute Gasteiger partial charge is 0.393 e. The maximum Gasteiger partial charge on any atom is 0.168 e. The van der Waals surface area contributed by atoms with Gasteiger partial charge in [0.25, 0.3) is 0 Å². The first-order valence-corrected chi connectivity index (χ1v) is 5.57. The lowest BCUT2D eigenvalue weighted by atomic mass is 10.0. The Balaban J connectivity index is 2.31. The van der Waals surface area contributed by atoms with E-state index < -0.39 is 0 Å². The molecule has 0 spiro atoms. The molecule has 16 heavy (non-hydrogen) atoms. The topological polar surface area (TPSA) is 93.1 Å². The van der Waals surface area contributed by atoms with Crippen molar-refractivity contribution in [1.82, 2.24) is 9.97 Å². The summed E-state index contributed by atoms with van der Waals surface area (Å²) in [5.74, 6) is 6.62. The molecule has 1 aliphatic rings. The Morgan fingerprint density at radius 3 is 2.94 bits per heavy atom. The van der Waals surface area contributed by atoms with E-state index in [0.29, 0.717) is 17.5 Å². The molecule has 6 heteroatoms. The Labute approximate surface area is 95.0 Å². The predicted molar refractivity (Wildman–Crippen MR) is 64.9 cm³/mol. The standard InChI is InChI=1S/C10H18N6/c1-7-4-2-3-5-16(7)10-8(11)9(15-12)13-6-14-10/h6-7H,2-5,11-12H2,1H3,(H,13,14,15). The van der Waals surface area contributed by atoms with Crippen molar-refractivity contribution >= 4 is 17.3 Å². The lowest BCUT2D eigenvalue weighted by molar-refractivity contribution is 0.481. The maximum absolute atomic E-state index is 5.98. The summed E-state index contributed by atoms with van der Waals surface area (Å²) in [7, 11) is 0. The van der Waals surface area contributed by atoms with Crippen LogP contribution in [0.5, 0.6) is 0 Å². The lowest BCUT2D eigenvalue weighted by Gasteiger charge is -2.35. The summed E-state index contributed by atoms with van der Waals surface area (Å²) in [6.45, 7) is 3.18. The molecule has 1 unspecified atom stereocenters. The Morgan fingerprint density at radius 2 is 2.25 bits per heavy atom. The first-order chi connectivity index (χ1) is 7.74. The van der Waals surface area contributed by atoms with Crippen LogP contribution in [0, 0.1) is 0 Å². The van der Waals surface area contributed by atoms with Crippen LogP contribution < -0.4 is 21.9 Å². The van der Waals surface area contributed by atoms with Gasteiger partial charge < -0.3 is 16.1 Å². The van der Waals surface area contributed by atoms with E-state index in [1.165, 1.54) is 25.6 Å². The van der Waals surface area contributed by atoms with Crippen molar-refractivity contribution in [2.24, 2.45) is 5.84 Å². The van der Waals surface area contributed by atoms with Gasteiger partial charge in [-0.25, -0.2) is 15.8 Å². The Morgan fingerprint density at radius 1 is 1.44 bits per heavy atom. The second kappa shape index (κ2) is 4.52. The molecular weight excluding hydrogens is 204 g/mol. The van der Waals surface area contributed by atoms with Crippen molar-refractivity contribution in [3.05, 3.63) is 6.33 Å². The van der Waals surface area contributed by atoms with Gasteiger partial charge >= 0.3 is 0 Å². The van der Waals surface area contributed by atoms with Gasteiger partial charge in [0.1, 0.15) is 12.0 Å². The molecule has 2 rings (SSSR count). The lowest BCUT2D eigenvalue weighted by Crippen LogP contribution is -2.38. The molecule has 1 aromatic rings. The van der Waals surface area contributed by atoms with Crippen molar-refractivity contribution in [1.29, 1.82) is 0 Å². The molecule has 0 amide bonds. The van der Waals surface area contributed by atoms with Gasteiger partial charge in [-0.2, -0.15) is 0 Å². The van der Waals surface area contributed by atoms with E-state index >= 15 is 0 Å². The number of aromatic nitrogens is 2. The third-order valence-corrected chi connectivity index (χ3v) is 3.07. The second-order valence-corrected chi connectivity index (χ2v) is 4.14. The molecule has 1 aromatic heterocycles. The smallest absolute Gasteiger partial charge is 0.168 e. The Hall–Kier alpha value is -1.56. The average Bonchev–Trinajstić information content (AvgIpc) is 2.31. The minimum absolute atomic E-state index is 0.469. The van der Waals surface area contributed by atoms with Crippen LogP contribution in [0.1, 0.15) is 26.2 Å². The SMILES string of the molecule is CC1CCCCN1c1ncnc(NN)c1N. The summed E-state index contributed by atoms with van der Waals surface area (Å²) < 4.78 is 0. The third-order valence-electron chi connectivity index (χ3n) is 3.07. The number of hydrogen-bond donors (Lipinski definition) is 3. The Kier molecular flexibility index (Phi) is 3.09. The van der Waals surface area contributed by atoms with Gasteiger partial charge in [-0.3, -0.25) is 0 Å². The van der Waals surface area contributed by atoms with Crippen LogP contribution in [0.25, 0.3) is 0 Å². The van der Waals surface area contributed by atoms with Crippen LogP contribution in [-0.4, -0.2) is 22.6 Å². The summed E-state index contributed by atoms with van der Waals surface area (Å²) in [5.41, 5.74) is 8.99. The van der Waals surface area contributed by atoms with Crippen LogP contribution in [0.15, 0.2) is 6.33 Å². The quantitative estimate of drug-likeness (QED) is 0.504. The van der Waals surface area contributed by atoms with Gasteiger partial charge in [0.15, 0.2) is 11.6 Å². The molecule has 6 nitrogen and oxygen atoms in total. The highest BCUT2D eigenvalue weighted by Crippen LogP contribution is 2.30. The number of nitrogen functional groups attached to an aromatic ring is 2. The fraction of sp³-hybridized carbons (Fsp3) is 0.600. The van der Waals surface area contributed by atoms with E-state index in [4.69, 9.17) is 11.6 Å². The van der Waals surface area contributed by atoms with Gasteiger partial charge in [-0.15, -0.1) is 0 Å². The molecule has 0 aromatic carbocycles. The molecule has 0 bridgehead atoms. The molecule has 1 saturated heterocycles. The highest BCUT2D eigenvalue weighted by Gasteiger charge is 2.22. The summed E-state index contributed by atoms with van der Waals surface area (Å²) in [6.07, 6.45) is 5.11. The van der Waals surface area contributed by atoms with Crippen molar-refractivity contribution < 1.29 is 0 Å². The summed E-state index contributed by atoms with van der Waals surface area (Å²) >= 11 is 0. The molecular formula is C10H18N6. The number of nitrogens with one attached hydrogen (secondary N) is 1. The van der Waals surface area contributed by atoms with Gasteiger partial charge in [0.2, 0.25) is 0 Å². The van der Waals surface area contributed by atoms with Gasteiger partial charge in [-0.05, 0) is 26.2 Å². The highest BCUT2D eigenvalue weighted by atomic mass is 15.3. The summed E-state index contributed by atoms with van der Waals surface area (Å²) in [6, 6.07) is 0.469. The second-order valence-electron chi connectivity index (χ2n) is 4.14. The van der Waals surface area contributed by atoms with Crippen molar-refractivity contribution in [3.63, 3.8) is 0 Å². The van der Waals surface area contributed by atoms with Crippen LogP contribution in [0.3, 0.4) is 0 Å². The molecule has 1 atom stereocenters. The number of rotatable bonds is 2. The van der Waals surface area contributed by atoms with E-state index in [0.717, 1.165) is 12.4 Å². The van der Waals surface area contributed by atoms with Crippen LogP contribution in [0.2, 0.25) is 0 Å². The average molecular weight is 222 g/mol. The van der Waals surface area contributed by atoms with E-state index in [1.807, 2.05) is 0 Å². The van der Waals surface area contributed by atoms with Crippen LogP contribution in [-0.2, 0) is 0 Å². The van der Waals surface area contributed by atoms with Crippen LogP contribution >= 0.6 is 0 Å². The molecule has 2 heterocycles. The molecule has 88 valence electrons. The zero-order chi connectivity index (χ0) is 11.5. The highest BCUT2D eigenvalue weighted by molar-refractivity contribution is 5.74. The molecule has 0 saturated carbocycles. The van der Waals surface area contributed by atoms with Gasteiger partial charge in [-0.1, -0.05) is 0 Å². The monoisotopic (exact) mass is 222 g/mol. The summed E-state index contributed by atoms with van der Waals surface area (Å²) in [4.78, 5) is 10.5. The van der Waals surface area contributed by atoms with Gasteiger partial charge in [0, 0.05) is 12.6 Å². The van der Waals surface area contributed by atoms with Crippen molar-refractivity contribution in [2.75, 3.05) is 22.6 Å². The number of piperidine rings is 1. The number of anilines is 3. The van der Waals surface area contributed by atoms with E-state index in [-0.39, 0.29) is 0 Å². The zero-order valence-electron chi connectivity index (χ0n) is 9.48. The Bertz CT molecular complexity index is 366. The van der Waals surface area contributed by atoms with E-state index in [9.17, 15) is 0 Å². The minimum Gasteiger partial charge on any atom is -0.393 e. The first-order valence-electron chi connectivity index (χ1n) is 5.57. The van der Waals surface area contributed by atoms with Gasteiger partial charge in [0.05, 0.1) is 0 Å². The predicted octanol–water partition coefficient (Wildman–Crippen LogP) is 0.723. The molecule has 0 aliphatic carbocycles. The minimum atomic E-state index is 0.469. The number of nitrogens with zero attached hydrogens (tertiary/aromatic N) is 3. The molecule has 1 fully saturated rings.